The minimum absolute atomic E-state index is 0.0345. The Hall–Kier alpha value is -4.57. The van der Waals surface area contributed by atoms with Crippen LogP contribution in [0.2, 0.25) is 0 Å². The van der Waals surface area contributed by atoms with Gasteiger partial charge in [0.1, 0.15) is 17.7 Å². The van der Waals surface area contributed by atoms with Crippen LogP contribution in [0.3, 0.4) is 0 Å². The number of amides is 3. The topological polar surface area (TPSA) is 87.7 Å². The van der Waals surface area contributed by atoms with Gasteiger partial charge >= 0.3 is 6.09 Å². The highest BCUT2D eigenvalue weighted by molar-refractivity contribution is 6.00. The highest BCUT2D eigenvalue weighted by atomic mass is 16.6. The second-order valence-electron chi connectivity index (χ2n) is 10.8. The highest BCUT2D eigenvalue weighted by Gasteiger charge is 2.37. The van der Waals surface area contributed by atoms with Crippen molar-refractivity contribution in [2.24, 2.45) is 5.92 Å². The first-order valence-corrected chi connectivity index (χ1v) is 13.2. The molecule has 3 rings (SSSR count). The molecular formula is C33H37N3O4. The van der Waals surface area contributed by atoms with Crippen molar-refractivity contribution < 1.29 is 19.1 Å². The highest BCUT2D eigenvalue weighted by Crippen LogP contribution is 2.28. The lowest BCUT2D eigenvalue weighted by atomic mass is 9.95. The summed E-state index contributed by atoms with van der Waals surface area (Å²) in [6.45, 7) is 12.7. The number of terminal acetylenes is 1. The van der Waals surface area contributed by atoms with E-state index in [9.17, 15) is 14.4 Å². The third-order valence-corrected chi connectivity index (χ3v) is 6.20. The molecule has 0 spiro atoms. The van der Waals surface area contributed by atoms with Crippen LogP contribution < -0.4 is 10.6 Å². The van der Waals surface area contributed by atoms with Gasteiger partial charge in [-0.05, 0) is 61.2 Å². The van der Waals surface area contributed by atoms with Crippen molar-refractivity contribution in [3.8, 4) is 12.3 Å². The number of hydrogen-bond donors (Lipinski definition) is 2. The van der Waals surface area contributed by atoms with E-state index in [0.29, 0.717) is 16.8 Å². The third kappa shape index (κ3) is 7.51. The van der Waals surface area contributed by atoms with Crippen molar-refractivity contribution in [2.45, 2.75) is 52.3 Å². The standard InChI is InChI=1S/C33H37N3O4/c1-8-20-36(31(38)28(22(3)4)35-32(39)40-33(5,6)7)29(27-17-13-12-14-23(27)9-2)30(37)34-26-19-18-24-15-10-11-16-25(24)21-26/h2,8,10-19,21-22,28-29H,1,20H2,3-7H3,(H,34,37)(H,35,39). The first-order valence-electron chi connectivity index (χ1n) is 13.2. The van der Waals surface area contributed by atoms with Crippen molar-refractivity contribution >= 4 is 34.4 Å². The molecule has 0 saturated heterocycles. The number of ether oxygens (including phenoxy) is 1. The van der Waals surface area contributed by atoms with Crippen LogP contribution >= 0.6 is 0 Å². The molecule has 0 radical (unpaired) electrons. The number of nitrogens with zero attached hydrogens (tertiary/aromatic N) is 1. The summed E-state index contributed by atoms with van der Waals surface area (Å²) in [5.74, 6) is 1.41. The Labute approximate surface area is 236 Å². The lowest BCUT2D eigenvalue weighted by molar-refractivity contribution is -0.141. The number of carbonyl (C=O) groups excluding carboxylic acids is 3. The van der Waals surface area contributed by atoms with E-state index in [1.807, 2.05) is 56.3 Å². The summed E-state index contributed by atoms with van der Waals surface area (Å²) in [5, 5.41) is 7.66. The number of benzene rings is 3. The molecule has 0 fully saturated rings. The van der Waals surface area contributed by atoms with Gasteiger partial charge in [-0.1, -0.05) is 74.4 Å². The van der Waals surface area contributed by atoms with Crippen molar-refractivity contribution in [3.63, 3.8) is 0 Å². The van der Waals surface area contributed by atoms with Gasteiger partial charge in [0, 0.05) is 17.8 Å². The van der Waals surface area contributed by atoms with E-state index in [2.05, 4.69) is 23.1 Å². The normalized spacial score (nSPS) is 12.6. The molecule has 7 nitrogen and oxygen atoms in total. The van der Waals surface area contributed by atoms with Crippen LogP contribution in [0, 0.1) is 18.3 Å². The maximum atomic E-state index is 14.1. The first kappa shape index (κ1) is 30.0. The Kier molecular flexibility index (Phi) is 9.73. The predicted octanol–water partition coefficient (Wildman–Crippen LogP) is 6.06. The lowest BCUT2D eigenvalue weighted by Gasteiger charge is -2.35. The van der Waals surface area contributed by atoms with Gasteiger partial charge in [-0.25, -0.2) is 4.79 Å². The zero-order chi connectivity index (χ0) is 29.4. The van der Waals surface area contributed by atoms with Crippen molar-refractivity contribution in [3.05, 3.63) is 90.5 Å². The summed E-state index contributed by atoms with van der Waals surface area (Å²) in [7, 11) is 0. The number of anilines is 1. The molecule has 0 aliphatic rings. The van der Waals surface area contributed by atoms with Gasteiger partial charge in [-0.2, -0.15) is 0 Å². The van der Waals surface area contributed by atoms with Gasteiger partial charge in [-0.3, -0.25) is 9.59 Å². The van der Waals surface area contributed by atoms with E-state index < -0.39 is 35.6 Å². The summed E-state index contributed by atoms with van der Waals surface area (Å²) in [4.78, 5) is 42.2. The van der Waals surface area contributed by atoms with Crippen molar-refractivity contribution in [2.75, 3.05) is 11.9 Å². The smallest absolute Gasteiger partial charge is 0.408 e. The fourth-order valence-corrected chi connectivity index (χ4v) is 4.38. The van der Waals surface area contributed by atoms with E-state index in [1.165, 1.54) is 11.0 Å². The molecule has 0 aliphatic heterocycles. The first-order chi connectivity index (χ1) is 18.9. The van der Waals surface area contributed by atoms with Crippen LogP contribution in [0.15, 0.2) is 79.4 Å². The third-order valence-electron chi connectivity index (χ3n) is 6.20. The van der Waals surface area contributed by atoms with E-state index in [1.54, 1.807) is 45.0 Å². The average molecular weight is 540 g/mol. The van der Waals surface area contributed by atoms with Gasteiger partial charge < -0.3 is 20.3 Å². The van der Waals surface area contributed by atoms with Crippen LogP contribution in [0.25, 0.3) is 10.8 Å². The number of carbonyl (C=O) groups is 3. The number of alkyl carbamates (subject to hydrolysis) is 1. The second kappa shape index (κ2) is 13.0. The van der Waals surface area contributed by atoms with Crippen LogP contribution in [-0.2, 0) is 14.3 Å². The van der Waals surface area contributed by atoms with Crippen LogP contribution in [0.5, 0.6) is 0 Å². The molecule has 2 N–H and O–H groups in total. The second-order valence-corrected chi connectivity index (χ2v) is 10.8. The number of hydrogen-bond acceptors (Lipinski definition) is 4. The molecule has 208 valence electrons. The van der Waals surface area contributed by atoms with Gasteiger partial charge in [-0.15, -0.1) is 13.0 Å². The van der Waals surface area contributed by atoms with Crippen LogP contribution in [0.1, 0.15) is 51.8 Å². The van der Waals surface area contributed by atoms with Gasteiger partial charge in [0.15, 0.2) is 0 Å². The van der Waals surface area contributed by atoms with Gasteiger partial charge in [0.25, 0.3) is 5.91 Å². The summed E-state index contributed by atoms with van der Waals surface area (Å²) in [5.41, 5.74) is 0.788. The molecular weight excluding hydrogens is 502 g/mol. The summed E-state index contributed by atoms with van der Waals surface area (Å²) >= 11 is 0. The fraction of sp³-hybridized carbons (Fsp3) is 0.303. The molecule has 0 aromatic heterocycles. The SMILES string of the molecule is C#Cc1ccccc1C(C(=O)Nc1ccc2ccccc2c1)N(CC=C)C(=O)C(NC(=O)OC(C)(C)C)C(C)C. The number of nitrogens with one attached hydrogen (secondary N) is 2. The molecule has 0 saturated carbocycles. The molecule has 3 amide bonds. The molecule has 0 aliphatic carbocycles. The molecule has 40 heavy (non-hydrogen) atoms. The van der Waals surface area contributed by atoms with Crippen LogP contribution in [-0.4, -0.2) is 41.0 Å². The molecule has 0 heterocycles. The zero-order valence-electron chi connectivity index (χ0n) is 23.7. The van der Waals surface area contributed by atoms with E-state index >= 15 is 0 Å². The lowest BCUT2D eigenvalue weighted by Crippen LogP contribution is -2.54. The summed E-state index contributed by atoms with van der Waals surface area (Å²) in [6.07, 6.45) is 6.62. The zero-order valence-corrected chi connectivity index (χ0v) is 23.7. The Bertz CT molecular complexity index is 1430. The molecule has 7 heteroatoms. The quantitative estimate of drug-likeness (QED) is 0.255. The van der Waals surface area contributed by atoms with Crippen molar-refractivity contribution in [1.82, 2.24) is 10.2 Å². The summed E-state index contributed by atoms with van der Waals surface area (Å²) in [6, 6.07) is 18.3. The summed E-state index contributed by atoms with van der Waals surface area (Å²) < 4.78 is 5.40. The van der Waals surface area contributed by atoms with Gasteiger partial charge in [0.05, 0.1) is 0 Å². The minimum Gasteiger partial charge on any atom is -0.444 e. The molecule has 2 atom stereocenters. The van der Waals surface area contributed by atoms with E-state index in [-0.39, 0.29) is 12.5 Å². The molecule has 2 unspecified atom stereocenters. The van der Waals surface area contributed by atoms with Crippen molar-refractivity contribution in [1.29, 1.82) is 0 Å². The van der Waals surface area contributed by atoms with E-state index in [0.717, 1.165) is 10.8 Å². The maximum Gasteiger partial charge on any atom is 0.408 e. The molecule has 3 aromatic rings. The Morgan fingerprint density at radius 3 is 2.30 bits per heavy atom. The number of fused-ring (bicyclic) bond motifs is 1. The Morgan fingerprint density at radius 2 is 1.68 bits per heavy atom. The molecule has 3 aromatic carbocycles. The maximum absolute atomic E-state index is 14.1. The van der Waals surface area contributed by atoms with Crippen LogP contribution in [0.4, 0.5) is 10.5 Å². The fourth-order valence-electron chi connectivity index (χ4n) is 4.38. The monoisotopic (exact) mass is 539 g/mol. The Morgan fingerprint density at radius 1 is 1.02 bits per heavy atom. The predicted molar refractivity (Wildman–Crippen MR) is 160 cm³/mol. The van der Waals surface area contributed by atoms with Gasteiger partial charge in [0.2, 0.25) is 5.91 Å². The minimum atomic E-state index is -1.11. The average Bonchev–Trinajstić information content (AvgIpc) is 2.90. The molecule has 0 bridgehead atoms. The Balaban J connectivity index is 2.05. The van der Waals surface area contributed by atoms with E-state index in [4.69, 9.17) is 11.2 Å². The number of rotatable bonds is 9. The largest absolute Gasteiger partial charge is 0.444 e.